The van der Waals surface area contributed by atoms with Gasteiger partial charge in [-0.05, 0) is 58.1 Å². The number of hydrogen-bond donors (Lipinski definition) is 1. The Morgan fingerprint density at radius 1 is 1.15 bits per heavy atom. The molecule has 2 atom stereocenters. The second-order valence-electron chi connectivity index (χ2n) is 8.35. The molecule has 0 spiro atoms. The number of amides is 1. The van der Waals surface area contributed by atoms with Crippen LogP contribution in [0.2, 0.25) is 0 Å². The molecule has 2 unspecified atom stereocenters. The smallest absolute Gasteiger partial charge is 0.228 e. The molecule has 1 amide bonds. The van der Waals surface area contributed by atoms with Gasteiger partial charge in [0.05, 0.1) is 28.7 Å². The van der Waals surface area contributed by atoms with Gasteiger partial charge in [0.25, 0.3) is 0 Å². The van der Waals surface area contributed by atoms with Crippen LogP contribution in [0.5, 0.6) is 0 Å². The largest absolute Gasteiger partial charge is 0.323 e. The number of aryl methyl sites for hydroxylation is 2. The lowest BCUT2D eigenvalue weighted by molar-refractivity contribution is -0.118. The van der Waals surface area contributed by atoms with E-state index in [9.17, 15) is 4.79 Å². The van der Waals surface area contributed by atoms with Crippen LogP contribution in [0.4, 0.5) is 5.69 Å². The first-order valence-corrected chi connectivity index (χ1v) is 9.22. The monoisotopic (exact) mass is 351 g/mol. The van der Waals surface area contributed by atoms with E-state index in [0.29, 0.717) is 5.92 Å². The summed E-state index contributed by atoms with van der Waals surface area (Å²) in [6.07, 6.45) is 2.22. The first kappa shape index (κ1) is 18.4. The number of carbonyl (C=O) groups excluding carboxylic acids is 1. The molecule has 26 heavy (non-hydrogen) atoms. The quantitative estimate of drug-likeness (QED) is 0.790. The van der Waals surface area contributed by atoms with Gasteiger partial charge >= 0.3 is 0 Å². The minimum absolute atomic E-state index is 0.0100. The van der Waals surface area contributed by atoms with Crippen molar-refractivity contribution in [3.8, 4) is 5.69 Å². The van der Waals surface area contributed by atoms with Crippen LogP contribution < -0.4 is 5.32 Å². The van der Waals surface area contributed by atoms with E-state index in [1.807, 2.05) is 18.5 Å². The summed E-state index contributed by atoms with van der Waals surface area (Å²) >= 11 is 0. The number of anilines is 1. The highest BCUT2D eigenvalue weighted by molar-refractivity contribution is 5.96. The number of carbonyl (C=O) groups is 1. The number of benzene rings is 1. The van der Waals surface area contributed by atoms with E-state index in [2.05, 4.69) is 75.4 Å². The van der Waals surface area contributed by atoms with Crippen molar-refractivity contribution in [1.29, 1.82) is 0 Å². The third-order valence-corrected chi connectivity index (χ3v) is 5.52. The molecule has 2 aromatic rings. The first-order valence-electron chi connectivity index (χ1n) is 9.22. The summed E-state index contributed by atoms with van der Waals surface area (Å²) in [6.45, 7) is 14.5. The van der Waals surface area contributed by atoms with E-state index in [-0.39, 0.29) is 17.2 Å². The lowest BCUT2D eigenvalue weighted by Crippen LogP contribution is -2.17. The highest BCUT2D eigenvalue weighted by Gasteiger charge is 2.60. The fourth-order valence-corrected chi connectivity index (χ4v) is 3.81. The third-order valence-electron chi connectivity index (χ3n) is 5.52. The fraction of sp³-hybridized carbons (Fsp3) is 0.455. The molecular formula is C22H29N3O. The number of nitrogens with one attached hydrogen (secondary N) is 1. The van der Waals surface area contributed by atoms with Crippen LogP contribution in [-0.4, -0.2) is 15.7 Å². The van der Waals surface area contributed by atoms with Gasteiger partial charge in [-0.3, -0.25) is 4.79 Å². The Hall–Kier alpha value is -2.36. The maximum atomic E-state index is 12.9. The van der Waals surface area contributed by atoms with E-state index >= 15 is 0 Å². The Bertz CT molecular complexity index is 868. The number of rotatable bonds is 4. The van der Waals surface area contributed by atoms with Crippen molar-refractivity contribution >= 4 is 11.6 Å². The van der Waals surface area contributed by atoms with Crippen molar-refractivity contribution in [2.24, 2.45) is 17.3 Å². The molecule has 4 nitrogen and oxygen atoms in total. The second kappa shape index (κ2) is 6.42. The molecule has 1 fully saturated rings. The molecule has 1 saturated carbocycles. The van der Waals surface area contributed by atoms with Crippen LogP contribution >= 0.6 is 0 Å². The van der Waals surface area contributed by atoms with Crippen molar-refractivity contribution in [2.75, 3.05) is 5.32 Å². The zero-order valence-corrected chi connectivity index (χ0v) is 16.8. The van der Waals surface area contributed by atoms with E-state index in [4.69, 9.17) is 0 Å². The summed E-state index contributed by atoms with van der Waals surface area (Å²) in [5.74, 6) is 0.409. The molecule has 1 heterocycles. The number of allylic oxidation sites excluding steroid dienone is 2. The molecular weight excluding hydrogens is 322 g/mol. The molecule has 1 aliphatic carbocycles. The lowest BCUT2D eigenvalue weighted by Gasteiger charge is -2.08. The van der Waals surface area contributed by atoms with Gasteiger partial charge in [0.1, 0.15) is 0 Å². The van der Waals surface area contributed by atoms with Crippen LogP contribution in [0, 0.1) is 38.0 Å². The van der Waals surface area contributed by atoms with Crippen molar-refractivity contribution in [3.63, 3.8) is 0 Å². The predicted molar refractivity (Wildman–Crippen MR) is 107 cm³/mol. The van der Waals surface area contributed by atoms with Gasteiger partial charge in [0.2, 0.25) is 5.91 Å². The minimum Gasteiger partial charge on any atom is -0.323 e. The van der Waals surface area contributed by atoms with Gasteiger partial charge in [-0.25, -0.2) is 4.68 Å². The first-order chi connectivity index (χ1) is 12.1. The highest BCUT2D eigenvalue weighted by atomic mass is 16.2. The molecule has 0 radical (unpaired) electrons. The average Bonchev–Trinajstić information content (AvgIpc) is 2.97. The third kappa shape index (κ3) is 3.20. The van der Waals surface area contributed by atoms with Crippen molar-refractivity contribution < 1.29 is 4.79 Å². The van der Waals surface area contributed by atoms with Crippen LogP contribution in [-0.2, 0) is 4.79 Å². The van der Waals surface area contributed by atoms with Gasteiger partial charge in [0.15, 0.2) is 0 Å². The Morgan fingerprint density at radius 3 is 2.35 bits per heavy atom. The van der Waals surface area contributed by atoms with Crippen molar-refractivity contribution in [2.45, 2.75) is 48.5 Å². The van der Waals surface area contributed by atoms with E-state index in [0.717, 1.165) is 22.8 Å². The van der Waals surface area contributed by atoms with Crippen LogP contribution in [0.3, 0.4) is 0 Å². The van der Waals surface area contributed by atoms with Crippen LogP contribution in [0.15, 0.2) is 35.9 Å². The Labute approximate surface area is 156 Å². The van der Waals surface area contributed by atoms with Gasteiger partial charge in [0, 0.05) is 0 Å². The Balaban J connectivity index is 1.84. The maximum absolute atomic E-state index is 12.9. The summed E-state index contributed by atoms with van der Waals surface area (Å²) in [5.41, 5.74) is 6.12. The Kier molecular flexibility index (Phi) is 4.55. The van der Waals surface area contributed by atoms with Crippen LogP contribution in [0.1, 0.15) is 44.6 Å². The van der Waals surface area contributed by atoms with Crippen LogP contribution in [0.25, 0.3) is 5.69 Å². The lowest BCUT2D eigenvalue weighted by atomic mass is 10.1. The van der Waals surface area contributed by atoms with Gasteiger partial charge in [-0.15, -0.1) is 0 Å². The Morgan fingerprint density at radius 2 is 1.77 bits per heavy atom. The van der Waals surface area contributed by atoms with Crippen molar-refractivity contribution in [1.82, 2.24) is 9.78 Å². The van der Waals surface area contributed by atoms with E-state index < -0.39 is 0 Å². The fourth-order valence-electron chi connectivity index (χ4n) is 3.81. The van der Waals surface area contributed by atoms with Crippen molar-refractivity contribution in [3.05, 3.63) is 52.9 Å². The minimum atomic E-state index is 0.0100. The average molecular weight is 351 g/mol. The molecule has 1 aromatic carbocycles. The summed E-state index contributed by atoms with van der Waals surface area (Å²) in [7, 11) is 0. The zero-order valence-electron chi connectivity index (χ0n) is 16.8. The van der Waals surface area contributed by atoms with E-state index in [1.165, 1.54) is 11.1 Å². The summed E-state index contributed by atoms with van der Waals surface area (Å²) in [5, 5.41) is 7.79. The van der Waals surface area contributed by atoms with Gasteiger partial charge in [-0.1, -0.05) is 43.2 Å². The maximum Gasteiger partial charge on any atom is 0.228 e. The molecule has 0 bridgehead atoms. The second-order valence-corrected chi connectivity index (χ2v) is 8.35. The zero-order chi connectivity index (χ0) is 19.2. The SMILES string of the molecule is CC(C)=CC1C(C(=O)Nc2c(C)nn(-c3ccc(C)cc3)c2C)C1(C)C. The highest BCUT2D eigenvalue weighted by Crippen LogP contribution is 2.59. The summed E-state index contributed by atoms with van der Waals surface area (Å²) in [4.78, 5) is 12.9. The summed E-state index contributed by atoms with van der Waals surface area (Å²) in [6, 6.07) is 8.24. The molecule has 3 rings (SSSR count). The number of hydrogen-bond acceptors (Lipinski definition) is 2. The molecule has 138 valence electrons. The molecule has 0 saturated heterocycles. The molecule has 4 heteroatoms. The van der Waals surface area contributed by atoms with Gasteiger partial charge in [-0.2, -0.15) is 5.10 Å². The standard InChI is InChI=1S/C22H29N3O/c1-13(2)12-18-19(22(18,6)7)21(26)23-20-15(4)24-25(16(20)5)17-10-8-14(3)9-11-17/h8-12,18-19H,1-7H3,(H,23,26). The molecule has 1 aromatic heterocycles. The normalized spacial score (nSPS) is 20.6. The number of aromatic nitrogens is 2. The van der Waals surface area contributed by atoms with Gasteiger partial charge < -0.3 is 5.32 Å². The molecule has 0 aliphatic heterocycles. The number of nitrogens with zero attached hydrogens (tertiary/aromatic N) is 2. The van der Waals surface area contributed by atoms with E-state index in [1.54, 1.807) is 0 Å². The summed E-state index contributed by atoms with van der Waals surface area (Å²) < 4.78 is 1.90. The molecule has 1 N–H and O–H groups in total. The molecule has 1 aliphatic rings. The predicted octanol–water partition coefficient (Wildman–Crippen LogP) is 4.97. The topological polar surface area (TPSA) is 46.9 Å².